The van der Waals surface area contributed by atoms with Crippen LogP contribution in [0.15, 0.2) is 42.5 Å². The molecule has 0 saturated carbocycles. The lowest BCUT2D eigenvalue weighted by Gasteiger charge is -2.31. The number of nitrogens with one attached hydrogen (secondary N) is 1. The van der Waals surface area contributed by atoms with Gasteiger partial charge < -0.3 is 9.64 Å². The van der Waals surface area contributed by atoms with Gasteiger partial charge in [-0.3, -0.25) is 0 Å². The Bertz CT molecular complexity index is 1080. The zero-order chi connectivity index (χ0) is 23.7. The minimum atomic E-state index is -3.49. The molecule has 0 aromatic heterocycles. The summed E-state index contributed by atoms with van der Waals surface area (Å²) in [7, 11) is -3.49. The van der Waals surface area contributed by atoms with Crippen molar-refractivity contribution in [3.63, 3.8) is 0 Å². The fraction of sp³-hybridized carbons (Fsp3) is 0.435. The quantitative estimate of drug-likeness (QED) is 0.720. The van der Waals surface area contributed by atoms with Crippen molar-refractivity contribution in [2.75, 3.05) is 12.8 Å². The van der Waals surface area contributed by atoms with Gasteiger partial charge in [0, 0.05) is 18.7 Å². The Morgan fingerprint density at radius 3 is 2.38 bits per heavy atom. The summed E-state index contributed by atoms with van der Waals surface area (Å²) in [5.74, 6) is -1.34. The van der Waals surface area contributed by atoms with E-state index in [1.165, 1.54) is 12.1 Å². The van der Waals surface area contributed by atoms with Crippen molar-refractivity contribution in [2.45, 2.75) is 51.3 Å². The number of hydrogen-bond acceptors (Lipinski definition) is 4. The molecule has 1 aliphatic rings. The van der Waals surface area contributed by atoms with E-state index in [2.05, 4.69) is 4.72 Å². The maximum absolute atomic E-state index is 13.7. The summed E-state index contributed by atoms with van der Waals surface area (Å²) in [6, 6.07) is 9.49. The highest BCUT2D eigenvalue weighted by atomic mass is 32.2. The second kappa shape index (κ2) is 9.15. The van der Waals surface area contributed by atoms with Gasteiger partial charge in [0.1, 0.15) is 17.2 Å². The van der Waals surface area contributed by atoms with Crippen molar-refractivity contribution in [1.29, 1.82) is 0 Å². The third-order valence-electron chi connectivity index (χ3n) is 5.11. The third-order valence-corrected chi connectivity index (χ3v) is 5.84. The van der Waals surface area contributed by atoms with Gasteiger partial charge in [-0.1, -0.05) is 24.3 Å². The van der Waals surface area contributed by atoms with Crippen LogP contribution in [-0.4, -0.2) is 49.9 Å². The van der Waals surface area contributed by atoms with Crippen molar-refractivity contribution in [1.82, 2.24) is 9.62 Å². The molecule has 1 saturated heterocycles. The van der Waals surface area contributed by atoms with E-state index in [-0.39, 0.29) is 0 Å². The molecule has 9 heteroatoms. The number of rotatable bonds is 5. The van der Waals surface area contributed by atoms with Crippen LogP contribution in [0.25, 0.3) is 11.1 Å². The number of benzene rings is 2. The van der Waals surface area contributed by atoms with Crippen LogP contribution in [0, 0.1) is 11.6 Å². The molecule has 6 nitrogen and oxygen atoms in total. The molecule has 0 spiro atoms. The molecule has 1 aliphatic heterocycles. The monoisotopic (exact) mass is 466 g/mol. The van der Waals surface area contributed by atoms with Gasteiger partial charge in [0.05, 0.1) is 12.3 Å². The molecule has 1 fully saturated rings. The zero-order valence-electron chi connectivity index (χ0n) is 18.6. The van der Waals surface area contributed by atoms with Gasteiger partial charge in [-0.15, -0.1) is 0 Å². The number of carbonyl (C=O) groups is 1. The molecule has 0 unspecified atom stereocenters. The van der Waals surface area contributed by atoms with Gasteiger partial charge in [-0.05, 0) is 62.4 Å². The molecular formula is C23H28F2N2O4S. The van der Waals surface area contributed by atoms with E-state index in [9.17, 15) is 22.0 Å². The Balaban J connectivity index is 1.90. The summed E-state index contributed by atoms with van der Waals surface area (Å²) in [5.41, 5.74) is 1.12. The predicted molar refractivity (Wildman–Crippen MR) is 119 cm³/mol. The number of halogens is 2. The standard InChI is InChI=1S/C23H28F2N2O4S/c1-23(2,3)31-22(28)27-9-8-20(26-32(4,29)30)21(27)11-15-6-5-7-16(10-15)17-12-18(24)14-19(25)13-17/h5-7,10,12-14,20-21,26H,8-9,11H2,1-4H3/t20-,21-/m0/s1. The van der Waals surface area contributed by atoms with E-state index in [1.807, 2.05) is 6.07 Å². The Hall–Kier alpha value is -2.52. The molecule has 2 aromatic rings. The smallest absolute Gasteiger partial charge is 0.410 e. The molecule has 1 amide bonds. The van der Waals surface area contributed by atoms with Gasteiger partial charge in [0.25, 0.3) is 0 Å². The molecule has 3 rings (SSSR count). The Morgan fingerprint density at radius 1 is 1.12 bits per heavy atom. The first-order chi connectivity index (χ1) is 14.8. The molecule has 174 valence electrons. The second-order valence-corrected chi connectivity index (χ2v) is 10.9. The fourth-order valence-corrected chi connectivity index (χ4v) is 4.73. The van der Waals surface area contributed by atoms with E-state index in [0.29, 0.717) is 30.5 Å². The van der Waals surface area contributed by atoms with E-state index < -0.39 is 45.4 Å². The van der Waals surface area contributed by atoms with Gasteiger partial charge in [-0.25, -0.2) is 26.7 Å². The topological polar surface area (TPSA) is 75.7 Å². The summed E-state index contributed by atoms with van der Waals surface area (Å²) < 4.78 is 59.2. The lowest BCUT2D eigenvalue weighted by atomic mass is 9.97. The average molecular weight is 467 g/mol. The van der Waals surface area contributed by atoms with E-state index in [1.54, 1.807) is 43.9 Å². The first kappa shape index (κ1) is 24.1. The van der Waals surface area contributed by atoms with E-state index in [0.717, 1.165) is 17.9 Å². The molecule has 2 atom stereocenters. The number of nitrogens with zero attached hydrogens (tertiary/aromatic N) is 1. The highest BCUT2D eigenvalue weighted by Gasteiger charge is 2.40. The normalized spacial score (nSPS) is 19.2. The molecular weight excluding hydrogens is 438 g/mol. The number of sulfonamides is 1. The maximum Gasteiger partial charge on any atom is 0.410 e. The van der Waals surface area contributed by atoms with Crippen molar-refractivity contribution < 1.29 is 26.7 Å². The summed E-state index contributed by atoms with van der Waals surface area (Å²) in [4.78, 5) is 14.3. The summed E-state index contributed by atoms with van der Waals surface area (Å²) in [5, 5.41) is 0. The lowest BCUT2D eigenvalue weighted by molar-refractivity contribution is 0.0218. The van der Waals surface area contributed by atoms with Crippen LogP contribution >= 0.6 is 0 Å². The van der Waals surface area contributed by atoms with Crippen LogP contribution in [0.5, 0.6) is 0 Å². The van der Waals surface area contributed by atoms with Gasteiger partial charge >= 0.3 is 6.09 Å². The average Bonchev–Trinajstić information content (AvgIpc) is 3.00. The largest absolute Gasteiger partial charge is 0.444 e. The lowest BCUT2D eigenvalue weighted by Crippen LogP contribution is -2.48. The Labute approximate surface area is 187 Å². The molecule has 0 radical (unpaired) electrons. The van der Waals surface area contributed by atoms with Crippen LogP contribution in [0.2, 0.25) is 0 Å². The molecule has 0 bridgehead atoms. The van der Waals surface area contributed by atoms with Crippen molar-refractivity contribution in [3.8, 4) is 11.1 Å². The minimum Gasteiger partial charge on any atom is -0.444 e. The Kier molecular flexibility index (Phi) is 6.90. The fourth-order valence-electron chi connectivity index (χ4n) is 3.91. The zero-order valence-corrected chi connectivity index (χ0v) is 19.4. The minimum absolute atomic E-state index is 0.345. The number of amides is 1. The Morgan fingerprint density at radius 2 is 1.78 bits per heavy atom. The van der Waals surface area contributed by atoms with Gasteiger partial charge in [0.15, 0.2) is 0 Å². The SMILES string of the molecule is CC(C)(C)OC(=O)N1CC[C@H](NS(C)(=O)=O)[C@@H]1Cc1cccc(-c2cc(F)cc(F)c2)c1. The van der Waals surface area contributed by atoms with E-state index >= 15 is 0 Å². The molecule has 1 N–H and O–H groups in total. The van der Waals surface area contributed by atoms with Crippen LogP contribution in [0.3, 0.4) is 0 Å². The number of carbonyl (C=O) groups excluding carboxylic acids is 1. The van der Waals surface area contributed by atoms with Crippen molar-refractivity contribution in [3.05, 3.63) is 59.7 Å². The number of ether oxygens (including phenoxy) is 1. The van der Waals surface area contributed by atoms with Crippen LogP contribution < -0.4 is 4.72 Å². The highest BCUT2D eigenvalue weighted by Crippen LogP contribution is 2.28. The molecule has 0 aliphatic carbocycles. The van der Waals surface area contributed by atoms with Crippen molar-refractivity contribution >= 4 is 16.1 Å². The van der Waals surface area contributed by atoms with Crippen LogP contribution in [0.4, 0.5) is 13.6 Å². The van der Waals surface area contributed by atoms with Crippen LogP contribution in [0.1, 0.15) is 32.8 Å². The maximum atomic E-state index is 13.7. The van der Waals surface area contributed by atoms with Crippen LogP contribution in [-0.2, 0) is 21.2 Å². The summed E-state index contributed by atoms with van der Waals surface area (Å²) >= 11 is 0. The molecule has 32 heavy (non-hydrogen) atoms. The predicted octanol–water partition coefficient (Wildman–Crippen LogP) is 4.10. The third kappa shape index (κ3) is 6.49. The molecule has 1 heterocycles. The summed E-state index contributed by atoms with van der Waals surface area (Å²) in [6.07, 6.45) is 1.37. The first-order valence-corrected chi connectivity index (χ1v) is 12.2. The van der Waals surface area contributed by atoms with E-state index in [4.69, 9.17) is 4.74 Å². The second-order valence-electron chi connectivity index (χ2n) is 9.09. The van der Waals surface area contributed by atoms with Gasteiger partial charge in [-0.2, -0.15) is 0 Å². The summed E-state index contributed by atoms with van der Waals surface area (Å²) in [6.45, 7) is 5.65. The van der Waals surface area contributed by atoms with Gasteiger partial charge in [0.2, 0.25) is 10.0 Å². The van der Waals surface area contributed by atoms with Crippen molar-refractivity contribution in [2.24, 2.45) is 0 Å². The first-order valence-electron chi connectivity index (χ1n) is 10.3. The molecule has 2 aromatic carbocycles. The number of hydrogen-bond donors (Lipinski definition) is 1. The number of likely N-dealkylation sites (tertiary alicyclic amines) is 1. The highest BCUT2D eigenvalue weighted by molar-refractivity contribution is 7.88.